The van der Waals surface area contributed by atoms with Crippen molar-refractivity contribution in [2.75, 3.05) is 0 Å². The van der Waals surface area contributed by atoms with E-state index in [1.807, 2.05) is 164 Å². The van der Waals surface area contributed by atoms with E-state index in [1.165, 1.54) is 0 Å². The predicted octanol–water partition coefficient (Wildman–Crippen LogP) is 15.4. The van der Waals surface area contributed by atoms with Gasteiger partial charge in [-0.25, -0.2) is 19.9 Å². The monoisotopic (exact) mass is 971 g/mol. The molecule has 0 radical (unpaired) electrons. The van der Waals surface area contributed by atoms with E-state index >= 15 is 0 Å². The second-order valence-electron chi connectivity index (χ2n) is 18.1. The molecule has 8 aromatic carbocycles. The third-order valence-corrected chi connectivity index (χ3v) is 13.3. The van der Waals surface area contributed by atoms with Gasteiger partial charge >= 0.3 is 0 Å². The average molecular weight is 972 g/mol. The van der Waals surface area contributed by atoms with Crippen LogP contribution in [-0.2, 0) is 0 Å². The Morgan fingerprint density at radius 3 is 1.33 bits per heavy atom. The highest BCUT2D eigenvalue weighted by atomic mass is 15.0. The third kappa shape index (κ3) is 9.43. The van der Waals surface area contributed by atoms with E-state index in [4.69, 9.17) is 19.9 Å². The smallest absolute Gasteiger partial charge is 0.162 e. The van der Waals surface area contributed by atoms with E-state index in [2.05, 4.69) is 60.5 Å². The van der Waals surface area contributed by atoms with E-state index in [1.54, 1.807) is 36.4 Å². The summed E-state index contributed by atoms with van der Waals surface area (Å²) >= 11 is 0. The van der Waals surface area contributed by atoms with Gasteiger partial charge in [0, 0.05) is 50.0 Å². The minimum absolute atomic E-state index is 0.363. The van der Waals surface area contributed by atoms with E-state index in [0.29, 0.717) is 56.2 Å². The third-order valence-electron chi connectivity index (χ3n) is 13.3. The van der Waals surface area contributed by atoms with Crippen LogP contribution in [0.5, 0.6) is 0 Å². The van der Waals surface area contributed by atoms with Gasteiger partial charge in [0.05, 0.1) is 80.5 Å². The van der Waals surface area contributed by atoms with E-state index in [-0.39, 0.29) is 0 Å². The molecule has 0 aliphatic heterocycles. The fourth-order valence-corrected chi connectivity index (χ4v) is 9.51. The number of nitriles is 4. The minimum atomic E-state index is 0.363. The molecule has 11 rings (SSSR count). The van der Waals surface area contributed by atoms with Crippen molar-refractivity contribution in [3.63, 3.8) is 0 Å². The van der Waals surface area contributed by atoms with Gasteiger partial charge in [-0.05, 0) is 102 Å². The molecule has 76 heavy (non-hydrogen) atoms. The Kier molecular flexibility index (Phi) is 12.8. The Morgan fingerprint density at radius 1 is 0.434 bits per heavy atom. The van der Waals surface area contributed by atoms with Gasteiger partial charge in [0.15, 0.2) is 11.6 Å². The maximum Gasteiger partial charge on any atom is 0.162 e. The molecule has 9 heteroatoms. The van der Waals surface area contributed by atoms with Crippen LogP contribution in [0.25, 0.3) is 107 Å². The summed E-state index contributed by atoms with van der Waals surface area (Å²) in [4.78, 5) is 21.3. The van der Waals surface area contributed by atoms with Crippen molar-refractivity contribution >= 4 is 22.6 Å². The number of rotatable bonds is 11. The lowest BCUT2D eigenvalue weighted by Crippen LogP contribution is -2.04. The normalized spacial score (nSPS) is 10.9. The van der Waals surface area contributed by atoms with Crippen molar-refractivity contribution in [1.29, 1.82) is 21.0 Å². The van der Waals surface area contributed by atoms with Crippen LogP contribution in [0.2, 0.25) is 0 Å². The molecule has 0 spiro atoms. The molecule has 0 aliphatic carbocycles. The Balaban J connectivity index is 1.20. The zero-order valence-electron chi connectivity index (χ0n) is 41.0. The second-order valence-corrected chi connectivity index (χ2v) is 18.1. The number of allylic oxidation sites excluding steroid dienone is 2. The molecule has 9 nitrogen and oxygen atoms in total. The number of aromatic nitrogens is 5. The highest BCUT2D eigenvalue weighted by Gasteiger charge is 2.23. The summed E-state index contributed by atoms with van der Waals surface area (Å²) in [5.74, 6) is 0.980. The zero-order valence-corrected chi connectivity index (χ0v) is 41.0. The molecule has 0 fully saturated rings. The molecule has 0 saturated heterocycles. The SMILES string of the molecule is C=C(/C=C\c1c(C)n(-c2ccc(-c3nc(-c4ccccc4)cc(-c4ccccc4)n3)cc2-c2nc(-c3ccccc3)cc(-c3ccccc3)n2)c2cc(-c3cc(C#N)cc(C#N)c3)ccc12)c1cc(C#N)cc(C#N)c1. The summed E-state index contributed by atoms with van der Waals surface area (Å²) in [6.07, 6.45) is 3.91. The number of nitrogens with zero attached hydrogens (tertiary/aromatic N) is 9. The zero-order chi connectivity index (χ0) is 52.1. The molecule has 0 amide bonds. The fourth-order valence-electron chi connectivity index (χ4n) is 9.51. The van der Waals surface area contributed by atoms with Crippen molar-refractivity contribution in [2.24, 2.45) is 0 Å². The quantitative estimate of drug-likeness (QED) is 0.116. The van der Waals surface area contributed by atoms with Crippen LogP contribution >= 0.6 is 0 Å². The van der Waals surface area contributed by atoms with Crippen LogP contribution < -0.4 is 0 Å². The topological polar surface area (TPSA) is 152 Å². The largest absolute Gasteiger partial charge is 0.312 e. The summed E-state index contributed by atoms with van der Waals surface area (Å²) in [6, 6.07) is 75.6. The van der Waals surface area contributed by atoms with Crippen molar-refractivity contribution in [3.05, 3.63) is 258 Å². The first-order valence-corrected chi connectivity index (χ1v) is 24.4. The van der Waals surface area contributed by atoms with Gasteiger partial charge in [0.1, 0.15) is 0 Å². The maximum atomic E-state index is 10.0. The van der Waals surface area contributed by atoms with Gasteiger partial charge in [-0.1, -0.05) is 152 Å². The molecule has 0 unspecified atom stereocenters. The Hall–Kier alpha value is -11.1. The standard InChI is InChI=1S/C67H41N9/c1-43(55-31-45(39-68)29-46(32-55)40-69)23-26-57-44(2)76(65-36-53(24-27-58(57)65)56-33-47(41-70)30-48(34-56)42-71)64-28-25-54(66-72-60(49-15-7-3-8-16-49)37-61(73-66)50-17-9-4-10-18-50)35-59(64)67-74-62(51-19-11-5-12-20-51)38-63(75-67)52-21-13-6-14-22-52/h3-38H,1H2,2H3/b26-23-. The summed E-state index contributed by atoms with van der Waals surface area (Å²) in [7, 11) is 0. The highest BCUT2D eigenvalue weighted by molar-refractivity contribution is 5.98. The molecule has 0 N–H and O–H groups in total. The summed E-state index contributed by atoms with van der Waals surface area (Å²) in [5.41, 5.74) is 15.8. The first-order chi connectivity index (χ1) is 37.3. The number of benzene rings is 8. The lowest BCUT2D eigenvalue weighted by molar-refractivity contribution is 1.04. The molecule has 11 aromatic rings. The van der Waals surface area contributed by atoms with Crippen LogP contribution in [0, 0.1) is 52.2 Å². The molecule has 0 saturated carbocycles. The van der Waals surface area contributed by atoms with Gasteiger partial charge in [-0.3, -0.25) is 0 Å². The lowest BCUT2D eigenvalue weighted by atomic mass is 9.98. The molecule has 3 aromatic heterocycles. The van der Waals surface area contributed by atoms with E-state index in [9.17, 15) is 21.0 Å². The molecule has 0 bridgehead atoms. The molecular weight excluding hydrogens is 931 g/mol. The number of fused-ring (bicyclic) bond motifs is 1. The molecule has 3 heterocycles. The second kappa shape index (κ2) is 20.6. The Bertz CT molecular complexity index is 4100. The predicted molar refractivity (Wildman–Crippen MR) is 301 cm³/mol. The molecule has 354 valence electrons. The molecular formula is C67H41N9. The van der Waals surface area contributed by atoms with Crippen molar-refractivity contribution in [1.82, 2.24) is 24.5 Å². The first-order valence-electron chi connectivity index (χ1n) is 24.4. The molecule has 0 atom stereocenters. The lowest BCUT2D eigenvalue weighted by Gasteiger charge is -2.17. The van der Waals surface area contributed by atoms with Crippen LogP contribution in [0.1, 0.15) is 39.1 Å². The van der Waals surface area contributed by atoms with Crippen LogP contribution in [0.4, 0.5) is 0 Å². The van der Waals surface area contributed by atoms with Crippen molar-refractivity contribution in [2.45, 2.75) is 6.92 Å². The number of hydrogen-bond acceptors (Lipinski definition) is 8. The van der Waals surface area contributed by atoms with E-state index in [0.717, 1.165) is 84.0 Å². The maximum absolute atomic E-state index is 10.0. The summed E-state index contributed by atoms with van der Waals surface area (Å²) < 4.78 is 2.20. The van der Waals surface area contributed by atoms with Crippen molar-refractivity contribution in [3.8, 4) is 109 Å². The average Bonchev–Trinajstić information content (AvgIpc) is 3.83. The first kappa shape index (κ1) is 47.2. The number of hydrogen-bond donors (Lipinski definition) is 0. The van der Waals surface area contributed by atoms with E-state index < -0.39 is 0 Å². The fraction of sp³-hybridized carbons (Fsp3) is 0.0149. The van der Waals surface area contributed by atoms with Crippen LogP contribution in [0.3, 0.4) is 0 Å². The van der Waals surface area contributed by atoms with Gasteiger partial charge in [0.2, 0.25) is 0 Å². The van der Waals surface area contributed by atoms with Gasteiger partial charge < -0.3 is 4.57 Å². The van der Waals surface area contributed by atoms with Crippen molar-refractivity contribution < 1.29 is 0 Å². The Labute approximate surface area is 439 Å². The van der Waals surface area contributed by atoms with Gasteiger partial charge in [-0.15, -0.1) is 0 Å². The van der Waals surface area contributed by atoms with Crippen LogP contribution in [-0.4, -0.2) is 24.5 Å². The summed E-state index contributed by atoms with van der Waals surface area (Å²) in [5, 5.41) is 40.5. The highest BCUT2D eigenvalue weighted by Crippen LogP contribution is 2.40. The minimum Gasteiger partial charge on any atom is -0.312 e. The Morgan fingerprint density at radius 2 is 0.868 bits per heavy atom. The molecule has 0 aliphatic rings. The van der Waals surface area contributed by atoms with Gasteiger partial charge in [-0.2, -0.15) is 21.0 Å². The van der Waals surface area contributed by atoms with Crippen LogP contribution in [0.15, 0.2) is 219 Å². The summed E-state index contributed by atoms with van der Waals surface area (Å²) in [6.45, 7) is 6.43. The van der Waals surface area contributed by atoms with Gasteiger partial charge in [0.25, 0.3) is 0 Å².